The zero-order valence-electron chi connectivity index (χ0n) is 10.0. The van der Waals surface area contributed by atoms with Crippen molar-refractivity contribution >= 4 is 17.4 Å². The minimum absolute atomic E-state index is 0.804. The van der Waals surface area contributed by atoms with Crippen LogP contribution in [0.2, 0.25) is 0 Å². The molecule has 0 saturated heterocycles. The summed E-state index contributed by atoms with van der Waals surface area (Å²) in [5, 5.41) is 3.36. The standard InChI is InChI=1S/C12H20N2OS/c1-3-5-13-11-4-6-14-12(9-11)10-16-8-7-15-2/h4,6,9H,3,5,7-8,10H2,1-2H3,(H,13,14). The summed E-state index contributed by atoms with van der Waals surface area (Å²) >= 11 is 1.85. The van der Waals surface area contributed by atoms with Crippen molar-refractivity contribution in [3.8, 4) is 0 Å². The van der Waals surface area contributed by atoms with Crippen molar-refractivity contribution in [1.82, 2.24) is 4.98 Å². The largest absolute Gasteiger partial charge is 0.385 e. The van der Waals surface area contributed by atoms with Crippen molar-refractivity contribution in [2.75, 3.05) is 31.3 Å². The molecule has 1 aromatic rings. The predicted octanol–water partition coefficient (Wildman–Crippen LogP) is 2.78. The van der Waals surface area contributed by atoms with Gasteiger partial charge in [0.15, 0.2) is 0 Å². The normalized spacial score (nSPS) is 10.4. The first-order valence-corrected chi connectivity index (χ1v) is 6.77. The second-order valence-corrected chi connectivity index (χ2v) is 4.61. The van der Waals surface area contributed by atoms with E-state index in [9.17, 15) is 0 Å². The molecule has 0 spiro atoms. The van der Waals surface area contributed by atoms with Gasteiger partial charge in [0.25, 0.3) is 0 Å². The van der Waals surface area contributed by atoms with Gasteiger partial charge in [-0.25, -0.2) is 0 Å². The lowest BCUT2D eigenvalue weighted by Crippen LogP contribution is -2.01. The number of thioether (sulfide) groups is 1. The molecule has 0 saturated carbocycles. The lowest BCUT2D eigenvalue weighted by Gasteiger charge is -2.06. The third kappa shape index (κ3) is 5.37. The van der Waals surface area contributed by atoms with E-state index < -0.39 is 0 Å². The van der Waals surface area contributed by atoms with Crippen LogP contribution in [0.3, 0.4) is 0 Å². The van der Waals surface area contributed by atoms with Crippen LogP contribution in [0.4, 0.5) is 5.69 Å². The number of methoxy groups -OCH3 is 1. The van der Waals surface area contributed by atoms with Crippen molar-refractivity contribution in [3.63, 3.8) is 0 Å². The van der Waals surface area contributed by atoms with E-state index in [1.807, 2.05) is 24.0 Å². The summed E-state index contributed by atoms with van der Waals surface area (Å²) in [4.78, 5) is 4.34. The Morgan fingerprint density at radius 3 is 3.12 bits per heavy atom. The highest BCUT2D eigenvalue weighted by Crippen LogP contribution is 2.14. The van der Waals surface area contributed by atoms with Gasteiger partial charge in [0.2, 0.25) is 0 Å². The summed E-state index contributed by atoms with van der Waals surface area (Å²) in [5.41, 5.74) is 2.29. The second kappa shape index (κ2) is 8.42. The summed E-state index contributed by atoms with van der Waals surface area (Å²) in [6.07, 6.45) is 3.00. The van der Waals surface area contributed by atoms with Crippen LogP contribution in [-0.2, 0) is 10.5 Å². The van der Waals surface area contributed by atoms with E-state index in [1.54, 1.807) is 7.11 Å². The third-order valence-corrected chi connectivity index (χ3v) is 3.03. The molecule has 16 heavy (non-hydrogen) atoms. The fourth-order valence-electron chi connectivity index (χ4n) is 1.26. The fourth-order valence-corrected chi connectivity index (χ4v) is 2.05. The van der Waals surface area contributed by atoms with Gasteiger partial charge in [0.1, 0.15) is 0 Å². The van der Waals surface area contributed by atoms with E-state index in [0.29, 0.717) is 0 Å². The quantitative estimate of drug-likeness (QED) is 0.709. The molecule has 1 rings (SSSR count). The Bertz CT molecular complexity index is 294. The maximum absolute atomic E-state index is 5.00. The molecule has 0 atom stereocenters. The minimum atomic E-state index is 0.804. The van der Waals surface area contributed by atoms with Crippen molar-refractivity contribution in [3.05, 3.63) is 24.0 Å². The van der Waals surface area contributed by atoms with Crippen LogP contribution < -0.4 is 5.32 Å². The van der Waals surface area contributed by atoms with Gasteiger partial charge in [0.05, 0.1) is 12.3 Å². The van der Waals surface area contributed by atoms with Gasteiger partial charge < -0.3 is 10.1 Å². The van der Waals surface area contributed by atoms with E-state index in [-0.39, 0.29) is 0 Å². The fraction of sp³-hybridized carbons (Fsp3) is 0.583. The summed E-state index contributed by atoms with van der Waals surface area (Å²) in [7, 11) is 1.73. The van der Waals surface area contributed by atoms with E-state index in [0.717, 1.165) is 36.8 Å². The smallest absolute Gasteiger partial charge is 0.0553 e. The molecule has 1 N–H and O–H groups in total. The zero-order valence-corrected chi connectivity index (χ0v) is 10.8. The molecule has 1 aromatic heterocycles. The van der Waals surface area contributed by atoms with Gasteiger partial charge in [-0.3, -0.25) is 4.98 Å². The van der Waals surface area contributed by atoms with Gasteiger partial charge >= 0.3 is 0 Å². The van der Waals surface area contributed by atoms with Crippen LogP contribution in [0.5, 0.6) is 0 Å². The molecule has 0 aromatic carbocycles. The lowest BCUT2D eigenvalue weighted by atomic mass is 10.3. The summed E-state index contributed by atoms with van der Waals surface area (Å²) in [6, 6.07) is 4.13. The third-order valence-electron chi connectivity index (χ3n) is 2.08. The van der Waals surface area contributed by atoms with Crippen LogP contribution >= 0.6 is 11.8 Å². The van der Waals surface area contributed by atoms with Crippen molar-refractivity contribution in [1.29, 1.82) is 0 Å². The molecular weight excluding hydrogens is 220 g/mol. The van der Waals surface area contributed by atoms with Gasteiger partial charge in [-0.15, -0.1) is 0 Å². The number of anilines is 1. The van der Waals surface area contributed by atoms with Gasteiger partial charge in [0, 0.05) is 37.0 Å². The van der Waals surface area contributed by atoms with Gasteiger partial charge in [-0.05, 0) is 18.6 Å². The maximum Gasteiger partial charge on any atom is 0.0553 e. The number of aromatic nitrogens is 1. The molecule has 0 aliphatic carbocycles. The monoisotopic (exact) mass is 240 g/mol. The lowest BCUT2D eigenvalue weighted by molar-refractivity contribution is 0.218. The first-order chi connectivity index (χ1) is 7.86. The second-order valence-electron chi connectivity index (χ2n) is 3.51. The van der Waals surface area contributed by atoms with Gasteiger partial charge in [-0.1, -0.05) is 6.92 Å². The first-order valence-electron chi connectivity index (χ1n) is 5.62. The Hall–Kier alpha value is -0.740. The van der Waals surface area contributed by atoms with Crippen LogP contribution in [0.25, 0.3) is 0 Å². The Morgan fingerprint density at radius 1 is 1.50 bits per heavy atom. The highest BCUT2D eigenvalue weighted by atomic mass is 32.2. The molecule has 0 radical (unpaired) electrons. The molecule has 0 aliphatic heterocycles. The molecule has 90 valence electrons. The topological polar surface area (TPSA) is 34.2 Å². The van der Waals surface area contributed by atoms with E-state index in [1.165, 1.54) is 5.69 Å². The number of hydrogen-bond donors (Lipinski definition) is 1. The number of ether oxygens (including phenoxy) is 1. The Balaban J connectivity index is 2.35. The summed E-state index contributed by atoms with van der Waals surface area (Å²) in [5.74, 6) is 1.97. The number of hydrogen-bond acceptors (Lipinski definition) is 4. The number of pyridine rings is 1. The SMILES string of the molecule is CCCNc1ccnc(CSCCOC)c1. The molecular formula is C12H20N2OS. The van der Waals surface area contributed by atoms with Crippen molar-refractivity contribution in [2.45, 2.75) is 19.1 Å². The molecule has 1 heterocycles. The average molecular weight is 240 g/mol. The molecule has 0 unspecified atom stereocenters. The summed E-state index contributed by atoms with van der Waals surface area (Å²) in [6.45, 7) is 3.98. The Kier molecular flexibility index (Phi) is 7.01. The highest BCUT2D eigenvalue weighted by Gasteiger charge is 1.97. The molecule has 0 aliphatic rings. The van der Waals surface area contributed by atoms with Crippen LogP contribution in [0, 0.1) is 0 Å². The predicted molar refractivity (Wildman–Crippen MR) is 71.1 cm³/mol. The number of nitrogens with one attached hydrogen (secondary N) is 1. The molecule has 4 heteroatoms. The molecule has 0 fully saturated rings. The molecule has 0 amide bonds. The van der Waals surface area contributed by atoms with E-state index in [4.69, 9.17) is 4.74 Å². The number of nitrogens with zero attached hydrogens (tertiary/aromatic N) is 1. The van der Waals surface area contributed by atoms with Crippen LogP contribution in [0.15, 0.2) is 18.3 Å². The van der Waals surface area contributed by atoms with Gasteiger partial charge in [-0.2, -0.15) is 11.8 Å². The minimum Gasteiger partial charge on any atom is -0.385 e. The first kappa shape index (κ1) is 13.3. The zero-order chi connectivity index (χ0) is 11.6. The average Bonchev–Trinajstić information content (AvgIpc) is 2.33. The number of rotatable bonds is 8. The van der Waals surface area contributed by atoms with Crippen LogP contribution in [0.1, 0.15) is 19.0 Å². The Labute approximate surface area is 102 Å². The molecule has 0 bridgehead atoms. The highest BCUT2D eigenvalue weighted by molar-refractivity contribution is 7.98. The van der Waals surface area contributed by atoms with E-state index >= 15 is 0 Å². The van der Waals surface area contributed by atoms with Crippen LogP contribution in [-0.4, -0.2) is 31.0 Å². The maximum atomic E-state index is 5.00. The Morgan fingerprint density at radius 2 is 2.38 bits per heavy atom. The van der Waals surface area contributed by atoms with Crippen molar-refractivity contribution in [2.24, 2.45) is 0 Å². The van der Waals surface area contributed by atoms with E-state index in [2.05, 4.69) is 23.3 Å². The summed E-state index contributed by atoms with van der Waals surface area (Å²) < 4.78 is 5.00. The van der Waals surface area contributed by atoms with Crippen molar-refractivity contribution < 1.29 is 4.74 Å². The molecule has 3 nitrogen and oxygen atoms in total.